The van der Waals surface area contributed by atoms with Gasteiger partial charge in [0.2, 0.25) is 0 Å². The number of hydrogen-bond donors (Lipinski definition) is 2. The van der Waals surface area contributed by atoms with Gasteiger partial charge in [-0.1, -0.05) is 59.9 Å². The van der Waals surface area contributed by atoms with Crippen LogP contribution in [0.15, 0.2) is 71.7 Å². The molecule has 26 heavy (non-hydrogen) atoms. The van der Waals surface area contributed by atoms with Gasteiger partial charge >= 0.3 is 0 Å². The highest BCUT2D eigenvalue weighted by Gasteiger charge is 2.49. The van der Waals surface area contributed by atoms with Crippen molar-refractivity contribution in [1.29, 1.82) is 0 Å². The van der Waals surface area contributed by atoms with Crippen LogP contribution in [0.2, 0.25) is 0 Å². The molecule has 5 nitrogen and oxygen atoms in total. The Bertz CT molecular complexity index is 1010. The summed E-state index contributed by atoms with van der Waals surface area (Å²) in [5, 5.41) is 9.91. The number of nitrogens with two attached hydrogens (primary N) is 1. The van der Waals surface area contributed by atoms with Gasteiger partial charge in [0.1, 0.15) is 0 Å². The van der Waals surface area contributed by atoms with E-state index in [0.717, 1.165) is 21.6 Å². The van der Waals surface area contributed by atoms with Gasteiger partial charge in [-0.15, -0.1) is 0 Å². The quantitative estimate of drug-likeness (QED) is 0.750. The number of thiophene rings is 1. The van der Waals surface area contributed by atoms with Crippen LogP contribution in [0.5, 0.6) is 5.06 Å². The molecule has 2 aromatic carbocycles. The van der Waals surface area contributed by atoms with Crippen molar-refractivity contribution < 1.29 is 9.90 Å². The maximum atomic E-state index is 13.2. The number of aliphatic imine (C=N–C) groups is 1. The minimum atomic E-state index is -1.20. The zero-order chi connectivity index (χ0) is 18.3. The molecule has 3 N–H and O–H groups in total. The first-order chi connectivity index (χ1) is 12.5. The molecule has 1 aliphatic heterocycles. The lowest BCUT2D eigenvalue weighted by Gasteiger charge is -2.26. The summed E-state index contributed by atoms with van der Waals surface area (Å²) in [6.45, 7) is 0. The first-order valence-corrected chi connectivity index (χ1v) is 8.93. The van der Waals surface area contributed by atoms with E-state index in [-0.39, 0.29) is 16.9 Å². The average Bonchev–Trinajstić information content (AvgIpc) is 3.20. The lowest BCUT2D eigenvalue weighted by atomic mass is 9.82. The third-order valence-electron chi connectivity index (χ3n) is 4.59. The second-order valence-corrected chi connectivity index (χ2v) is 7.19. The summed E-state index contributed by atoms with van der Waals surface area (Å²) in [6, 6.07) is 20.6. The van der Waals surface area contributed by atoms with E-state index >= 15 is 0 Å². The van der Waals surface area contributed by atoms with Crippen molar-refractivity contribution in [3.63, 3.8) is 0 Å². The van der Waals surface area contributed by atoms with E-state index in [1.54, 1.807) is 13.1 Å². The Labute approximate surface area is 155 Å². The van der Waals surface area contributed by atoms with Crippen LogP contribution in [0.1, 0.15) is 11.1 Å². The molecule has 0 spiro atoms. The van der Waals surface area contributed by atoms with Gasteiger partial charge in [0.25, 0.3) is 5.91 Å². The maximum absolute atomic E-state index is 13.2. The fourth-order valence-corrected chi connectivity index (χ4v) is 3.99. The first-order valence-electron chi connectivity index (χ1n) is 8.11. The number of aromatic hydroxyl groups is 1. The molecule has 0 bridgehead atoms. The zero-order valence-corrected chi connectivity index (χ0v) is 14.9. The van der Waals surface area contributed by atoms with Gasteiger partial charge in [-0.05, 0) is 34.9 Å². The molecular formula is C20H17N3O2S. The molecule has 4 rings (SSSR count). The number of hydrogen-bond acceptors (Lipinski definition) is 5. The molecule has 2 heterocycles. The summed E-state index contributed by atoms with van der Waals surface area (Å²) >= 11 is 1.29. The second kappa shape index (κ2) is 6.00. The van der Waals surface area contributed by atoms with E-state index in [4.69, 9.17) is 5.73 Å². The molecule has 0 saturated heterocycles. The van der Waals surface area contributed by atoms with E-state index in [2.05, 4.69) is 4.99 Å². The first kappa shape index (κ1) is 16.4. The summed E-state index contributed by atoms with van der Waals surface area (Å²) in [7, 11) is 1.63. The second-order valence-electron chi connectivity index (χ2n) is 6.13. The van der Waals surface area contributed by atoms with Gasteiger partial charge < -0.3 is 10.8 Å². The normalized spacial score (nSPS) is 19.7. The number of likely N-dealkylation sites (N-methyl/N-ethyl adjacent to an activating group) is 1. The van der Waals surface area contributed by atoms with Crippen LogP contribution in [-0.2, 0) is 10.3 Å². The van der Waals surface area contributed by atoms with Crippen LogP contribution in [-0.4, -0.2) is 28.9 Å². The van der Waals surface area contributed by atoms with Crippen molar-refractivity contribution in [3.8, 4) is 15.5 Å². The SMILES string of the molecule is CN1C(=O)C(c2ccccc2)(c2cccc(-c3ccc(O)s3)c2)N=C1N. The molecule has 1 atom stereocenters. The van der Waals surface area contributed by atoms with Gasteiger partial charge in [0.15, 0.2) is 16.6 Å². The summed E-state index contributed by atoms with van der Waals surface area (Å²) < 4.78 is 0. The molecular weight excluding hydrogens is 346 g/mol. The summed E-state index contributed by atoms with van der Waals surface area (Å²) in [6.07, 6.45) is 0. The number of guanidine groups is 1. The van der Waals surface area contributed by atoms with Gasteiger partial charge in [0.05, 0.1) is 0 Å². The minimum Gasteiger partial charge on any atom is -0.499 e. The molecule has 0 saturated carbocycles. The van der Waals surface area contributed by atoms with E-state index in [1.165, 1.54) is 16.2 Å². The molecule has 3 aromatic rings. The smallest absolute Gasteiger partial charge is 0.266 e. The van der Waals surface area contributed by atoms with Crippen LogP contribution in [0.4, 0.5) is 0 Å². The molecule has 0 radical (unpaired) electrons. The predicted molar refractivity (Wildman–Crippen MR) is 103 cm³/mol. The Kier molecular flexibility index (Phi) is 3.77. The third kappa shape index (κ3) is 2.38. The largest absolute Gasteiger partial charge is 0.499 e. The van der Waals surface area contributed by atoms with Crippen LogP contribution in [0.25, 0.3) is 10.4 Å². The fourth-order valence-electron chi connectivity index (χ4n) is 3.24. The van der Waals surface area contributed by atoms with Crippen molar-refractivity contribution in [2.75, 3.05) is 7.05 Å². The van der Waals surface area contributed by atoms with E-state index in [1.807, 2.05) is 60.7 Å². The van der Waals surface area contributed by atoms with E-state index < -0.39 is 5.54 Å². The van der Waals surface area contributed by atoms with Gasteiger partial charge in [0, 0.05) is 11.9 Å². The standard InChI is InChI=1S/C20H17N3O2S/c1-23-18(25)20(22-19(23)21,14-7-3-2-4-8-14)15-9-5-6-13(12-15)16-10-11-17(24)26-16/h2-12,24H,1H3,(H2,21,22). The molecule has 1 amide bonds. The number of carbonyl (C=O) groups is 1. The number of amides is 1. The average molecular weight is 363 g/mol. The Morgan fingerprint density at radius 1 is 1.04 bits per heavy atom. The molecule has 1 aromatic heterocycles. The highest BCUT2D eigenvalue weighted by atomic mass is 32.1. The van der Waals surface area contributed by atoms with Crippen LogP contribution < -0.4 is 5.73 Å². The van der Waals surface area contributed by atoms with Crippen molar-refractivity contribution in [2.24, 2.45) is 10.7 Å². The number of nitrogens with zero attached hydrogens (tertiary/aromatic N) is 2. The highest BCUT2D eigenvalue weighted by molar-refractivity contribution is 7.17. The third-order valence-corrected chi connectivity index (χ3v) is 5.53. The monoisotopic (exact) mass is 363 g/mol. The van der Waals surface area contributed by atoms with Crippen molar-refractivity contribution in [2.45, 2.75) is 5.54 Å². The van der Waals surface area contributed by atoms with Crippen molar-refractivity contribution >= 4 is 23.2 Å². The van der Waals surface area contributed by atoms with Gasteiger partial charge in [-0.3, -0.25) is 9.69 Å². The van der Waals surface area contributed by atoms with E-state index in [9.17, 15) is 9.90 Å². The van der Waals surface area contributed by atoms with E-state index in [0.29, 0.717) is 0 Å². The lowest BCUT2D eigenvalue weighted by molar-refractivity contribution is -0.129. The molecule has 130 valence electrons. The Morgan fingerprint density at radius 3 is 2.38 bits per heavy atom. The Morgan fingerprint density at radius 2 is 1.77 bits per heavy atom. The fraction of sp³-hybridized carbons (Fsp3) is 0.100. The van der Waals surface area contributed by atoms with Crippen LogP contribution in [0.3, 0.4) is 0 Å². The molecule has 6 heteroatoms. The topological polar surface area (TPSA) is 78.9 Å². The molecule has 1 aliphatic rings. The Balaban J connectivity index is 1.93. The summed E-state index contributed by atoms with van der Waals surface area (Å²) in [5.41, 5.74) is 7.22. The highest BCUT2D eigenvalue weighted by Crippen LogP contribution is 2.41. The van der Waals surface area contributed by atoms with Crippen LogP contribution in [0, 0.1) is 0 Å². The number of carbonyl (C=O) groups excluding carboxylic acids is 1. The summed E-state index contributed by atoms with van der Waals surface area (Å²) in [4.78, 5) is 20.1. The van der Waals surface area contributed by atoms with Crippen molar-refractivity contribution in [3.05, 3.63) is 77.9 Å². The lowest BCUT2D eigenvalue weighted by Crippen LogP contribution is -2.41. The number of rotatable bonds is 3. The van der Waals surface area contributed by atoms with Crippen LogP contribution >= 0.6 is 11.3 Å². The van der Waals surface area contributed by atoms with Gasteiger partial charge in [-0.2, -0.15) is 0 Å². The molecule has 0 aliphatic carbocycles. The maximum Gasteiger partial charge on any atom is 0.266 e. The number of benzene rings is 2. The predicted octanol–water partition coefficient (Wildman–Crippen LogP) is 3.15. The summed E-state index contributed by atoms with van der Waals surface area (Å²) in [5.74, 6) is 0.00500. The molecule has 1 unspecified atom stereocenters. The molecule has 0 fully saturated rings. The minimum absolute atomic E-state index is 0.188. The Hall–Kier alpha value is -3.12. The van der Waals surface area contributed by atoms with Gasteiger partial charge in [-0.25, -0.2) is 4.99 Å². The zero-order valence-electron chi connectivity index (χ0n) is 14.1. The van der Waals surface area contributed by atoms with Crippen molar-refractivity contribution in [1.82, 2.24) is 4.90 Å².